The fourth-order valence-electron chi connectivity index (χ4n) is 1.41. The summed E-state index contributed by atoms with van der Waals surface area (Å²) < 4.78 is 0. The molecular weight excluding hydrogens is 262 g/mol. The van der Waals surface area contributed by atoms with E-state index in [2.05, 4.69) is 34.6 Å². The van der Waals surface area contributed by atoms with Crippen LogP contribution in [0.4, 0.5) is 0 Å². The van der Waals surface area contributed by atoms with Gasteiger partial charge in [-0.15, -0.1) is 21.5 Å². The average molecular weight is 279 g/mol. The molecule has 6 nitrogen and oxygen atoms in total. The summed E-state index contributed by atoms with van der Waals surface area (Å²) >= 11 is 1.54. The van der Waals surface area contributed by atoms with Crippen LogP contribution in [0.1, 0.15) is 20.8 Å². The maximum absolute atomic E-state index is 11.8. The van der Waals surface area contributed by atoms with Gasteiger partial charge in [0.2, 0.25) is 11.7 Å². The van der Waals surface area contributed by atoms with Crippen LogP contribution in [0, 0.1) is 5.92 Å². The van der Waals surface area contributed by atoms with Gasteiger partial charge in [-0.2, -0.15) is 4.80 Å². The second kappa shape index (κ2) is 5.92. The summed E-state index contributed by atoms with van der Waals surface area (Å²) in [5.74, 6) is 0.852. The highest BCUT2D eigenvalue weighted by Crippen LogP contribution is 2.19. The first kappa shape index (κ1) is 13.7. The molecule has 0 aliphatic carbocycles. The predicted octanol–water partition coefficient (Wildman–Crippen LogP) is 1.56. The van der Waals surface area contributed by atoms with E-state index in [1.54, 1.807) is 11.3 Å². The van der Waals surface area contributed by atoms with Gasteiger partial charge in [0.25, 0.3) is 0 Å². The van der Waals surface area contributed by atoms with Crippen LogP contribution in [0.3, 0.4) is 0 Å². The average Bonchev–Trinajstić information content (AvgIpc) is 2.97. The second-order valence-corrected chi connectivity index (χ2v) is 5.67. The molecule has 7 heteroatoms. The number of amides is 1. The zero-order valence-electron chi connectivity index (χ0n) is 11.2. The fourth-order valence-corrected chi connectivity index (χ4v) is 2.06. The first-order chi connectivity index (χ1) is 9.06. The van der Waals surface area contributed by atoms with E-state index in [0.717, 1.165) is 4.88 Å². The van der Waals surface area contributed by atoms with Gasteiger partial charge in [0.1, 0.15) is 6.54 Å². The Bertz CT molecular complexity index is 534. The summed E-state index contributed by atoms with van der Waals surface area (Å²) in [5, 5.41) is 16.9. The zero-order chi connectivity index (χ0) is 13.8. The van der Waals surface area contributed by atoms with Gasteiger partial charge in [0.15, 0.2) is 0 Å². The Kier molecular flexibility index (Phi) is 4.26. The summed E-state index contributed by atoms with van der Waals surface area (Å²) in [4.78, 5) is 14.0. The lowest BCUT2D eigenvalue weighted by Crippen LogP contribution is -2.38. The first-order valence-electron chi connectivity index (χ1n) is 6.17. The van der Waals surface area contributed by atoms with Crippen LogP contribution in [0.5, 0.6) is 0 Å². The summed E-state index contributed by atoms with van der Waals surface area (Å²) in [7, 11) is 0. The molecule has 1 amide bonds. The Labute approximate surface area is 115 Å². The Morgan fingerprint density at radius 2 is 2.26 bits per heavy atom. The number of carbonyl (C=O) groups is 1. The Morgan fingerprint density at radius 1 is 1.47 bits per heavy atom. The molecule has 2 rings (SSSR count). The van der Waals surface area contributed by atoms with E-state index in [-0.39, 0.29) is 18.5 Å². The summed E-state index contributed by atoms with van der Waals surface area (Å²) in [6, 6.07) is 3.98. The van der Waals surface area contributed by atoms with Crippen LogP contribution >= 0.6 is 11.3 Å². The largest absolute Gasteiger partial charge is 0.352 e. The zero-order valence-corrected chi connectivity index (χ0v) is 12.0. The molecule has 0 aliphatic heterocycles. The van der Waals surface area contributed by atoms with Gasteiger partial charge < -0.3 is 5.32 Å². The minimum absolute atomic E-state index is 0.0927. The number of tetrazole rings is 1. The van der Waals surface area contributed by atoms with Gasteiger partial charge in [0.05, 0.1) is 4.88 Å². The van der Waals surface area contributed by atoms with Gasteiger partial charge in [-0.05, 0) is 29.5 Å². The summed E-state index contributed by atoms with van der Waals surface area (Å²) in [6.07, 6.45) is 0. The van der Waals surface area contributed by atoms with Crippen molar-refractivity contribution in [1.29, 1.82) is 0 Å². The molecule has 1 atom stereocenters. The maximum Gasteiger partial charge on any atom is 0.243 e. The van der Waals surface area contributed by atoms with Crippen LogP contribution in [-0.2, 0) is 11.3 Å². The van der Waals surface area contributed by atoms with Gasteiger partial charge in [0, 0.05) is 6.04 Å². The van der Waals surface area contributed by atoms with Crippen LogP contribution in [0.2, 0.25) is 0 Å². The van der Waals surface area contributed by atoms with E-state index in [1.165, 1.54) is 4.80 Å². The number of nitrogens with zero attached hydrogens (tertiary/aromatic N) is 4. The number of aromatic nitrogens is 4. The maximum atomic E-state index is 11.8. The van der Waals surface area contributed by atoms with Gasteiger partial charge in [-0.1, -0.05) is 19.9 Å². The Balaban J connectivity index is 1.95. The number of carbonyl (C=O) groups excluding carboxylic acids is 1. The molecule has 2 aromatic heterocycles. The van der Waals surface area contributed by atoms with E-state index < -0.39 is 0 Å². The lowest BCUT2D eigenvalue weighted by molar-refractivity contribution is -0.123. The van der Waals surface area contributed by atoms with Crippen molar-refractivity contribution >= 4 is 17.2 Å². The normalized spacial score (nSPS) is 12.6. The van der Waals surface area contributed by atoms with E-state index >= 15 is 0 Å². The molecule has 1 N–H and O–H groups in total. The number of thiophene rings is 1. The molecule has 0 spiro atoms. The van der Waals surface area contributed by atoms with Crippen LogP contribution < -0.4 is 5.32 Å². The Morgan fingerprint density at radius 3 is 2.89 bits per heavy atom. The third kappa shape index (κ3) is 3.60. The van der Waals surface area contributed by atoms with Crippen molar-refractivity contribution in [3.05, 3.63) is 17.5 Å². The minimum atomic E-state index is -0.101. The van der Waals surface area contributed by atoms with Crippen molar-refractivity contribution in [2.75, 3.05) is 0 Å². The topological polar surface area (TPSA) is 72.7 Å². The van der Waals surface area contributed by atoms with Crippen LogP contribution in [0.25, 0.3) is 10.7 Å². The van der Waals surface area contributed by atoms with Crippen molar-refractivity contribution in [1.82, 2.24) is 25.5 Å². The van der Waals surface area contributed by atoms with Crippen LogP contribution in [0.15, 0.2) is 17.5 Å². The van der Waals surface area contributed by atoms with Gasteiger partial charge in [-0.3, -0.25) is 4.79 Å². The Hall–Kier alpha value is -1.76. The highest BCUT2D eigenvalue weighted by atomic mass is 32.1. The SMILES string of the molecule is CC(C)[C@H](C)NC(=O)Cn1nnc(-c2cccs2)n1. The lowest BCUT2D eigenvalue weighted by Gasteiger charge is -2.16. The third-order valence-corrected chi connectivity index (χ3v) is 3.73. The fraction of sp³-hybridized carbons (Fsp3) is 0.500. The summed E-state index contributed by atoms with van der Waals surface area (Å²) in [5.41, 5.74) is 0. The van der Waals surface area contributed by atoms with Crippen molar-refractivity contribution in [2.45, 2.75) is 33.4 Å². The smallest absolute Gasteiger partial charge is 0.243 e. The lowest BCUT2D eigenvalue weighted by atomic mass is 10.1. The van der Waals surface area contributed by atoms with Crippen molar-refractivity contribution < 1.29 is 4.79 Å². The van der Waals surface area contributed by atoms with Crippen molar-refractivity contribution in [3.63, 3.8) is 0 Å². The van der Waals surface area contributed by atoms with E-state index in [9.17, 15) is 4.79 Å². The number of hydrogen-bond acceptors (Lipinski definition) is 5. The number of hydrogen-bond donors (Lipinski definition) is 1. The third-order valence-electron chi connectivity index (χ3n) is 2.87. The highest BCUT2D eigenvalue weighted by molar-refractivity contribution is 7.13. The molecule has 102 valence electrons. The molecule has 2 aromatic rings. The standard InChI is InChI=1S/C12H17N5OS/c1-8(2)9(3)13-11(18)7-17-15-12(14-16-17)10-5-4-6-19-10/h4-6,8-9H,7H2,1-3H3,(H,13,18)/t9-/m0/s1. The second-order valence-electron chi connectivity index (χ2n) is 4.72. The van der Waals surface area contributed by atoms with E-state index in [0.29, 0.717) is 11.7 Å². The number of nitrogens with one attached hydrogen (secondary N) is 1. The number of rotatable bonds is 5. The van der Waals surface area contributed by atoms with Gasteiger partial charge >= 0.3 is 0 Å². The molecule has 0 saturated carbocycles. The summed E-state index contributed by atoms with van der Waals surface area (Å²) in [6.45, 7) is 6.20. The predicted molar refractivity (Wildman–Crippen MR) is 73.6 cm³/mol. The van der Waals surface area contributed by atoms with E-state index in [1.807, 2.05) is 24.4 Å². The quantitative estimate of drug-likeness (QED) is 0.901. The molecule has 0 saturated heterocycles. The molecule has 0 bridgehead atoms. The minimum Gasteiger partial charge on any atom is -0.352 e. The molecular formula is C12H17N5OS. The van der Waals surface area contributed by atoms with Crippen molar-refractivity contribution in [2.24, 2.45) is 5.92 Å². The first-order valence-corrected chi connectivity index (χ1v) is 7.05. The molecule has 0 aromatic carbocycles. The molecule has 0 radical (unpaired) electrons. The molecule has 0 unspecified atom stereocenters. The van der Waals surface area contributed by atoms with Crippen LogP contribution in [-0.4, -0.2) is 32.2 Å². The molecule has 2 heterocycles. The van der Waals surface area contributed by atoms with Crippen molar-refractivity contribution in [3.8, 4) is 10.7 Å². The van der Waals surface area contributed by atoms with E-state index in [4.69, 9.17) is 0 Å². The van der Waals surface area contributed by atoms with Gasteiger partial charge in [-0.25, -0.2) is 0 Å². The monoisotopic (exact) mass is 279 g/mol. The molecule has 19 heavy (non-hydrogen) atoms. The molecule has 0 fully saturated rings. The molecule has 0 aliphatic rings. The highest BCUT2D eigenvalue weighted by Gasteiger charge is 2.13.